The van der Waals surface area contributed by atoms with Crippen LogP contribution in [0.5, 0.6) is 0 Å². The number of piperidine rings is 1. The van der Waals surface area contributed by atoms with Crippen molar-refractivity contribution in [1.82, 2.24) is 14.8 Å². The lowest BCUT2D eigenvalue weighted by molar-refractivity contribution is -0.133. The number of carbonyl (C=O) groups is 1. The normalized spacial score (nSPS) is 22.2. The van der Waals surface area contributed by atoms with Crippen LogP contribution in [0.25, 0.3) is 0 Å². The summed E-state index contributed by atoms with van der Waals surface area (Å²) in [4.78, 5) is 22.0. The van der Waals surface area contributed by atoms with E-state index >= 15 is 0 Å². The molecule has 4 rings (SSSR count). The number of hydrogen-bond donors (Lipinski definition) is 1. The van der Waals surface area contributed by atoms with Gasteiger partial charge in [-0.3, -0.25) is 9.78 Å². The number of amides is 1. The summed E-state index contributed by atoms with van der Waals surface area (Å²) in [6.07, 6.45) is 8.95. The van der Waals surface area contributed by atoms with Crippen molar-refractivity contribution in [1.29, 1.82) is 0 Å². The minimum Gasteiger partial charge on any atom is -0.395 e. The Morgan fingerprint density at radius 1 is 1.11 bits per heavy atom. The summed E-state index contributed by atoms with van der Waals surface area (Å²) in [5.74, 6) is 1.50. The second-order valence-electron chi connectivity index (χ2n) is 8.60. The molecule has 1 N–H and O–H groups in total. The highest BCUT2D eigenvalue weighted by molar-refractivity contribution is 5.76. The van der Waals surface area contributed by atoms with E-state index in [0.29, 0.717) is 17.7 Å². The molecule has 0 radical (unpaired) electrons. The van der Waals surface area contributed by atoms with Crippen LogP contribution in [0.1, 0.15) is 67.8 Å². The molecule has 1 aromatic heterocycles. The molecule has 3 aliphatic rings. The Balaban J connectivity index is 1.35. The van der Waals surface area contributed by atoms with Crippen molar-refractivity contribution in [2.45, 2.75) is 63.8 Å². The highest BCUT2D eigenvalue weighted by Crippen LogP contribution is 2.30. The van der Waals surface area contributed by atoms with Crippen molar-refractivity contribution in [3.8, 4) is 0 Å². The molecule has 0 spiro atoms. The lowest BCUT2D eigenvalue weighted by Gasteiger charge is -2.32. The van der Waals surface area contributed by atoms with E-state index in [2.05, 4.69) is 21.9 Å². The van der Waals surface area contributed by atoms with Gasteiger partial charge in [-0.05, 0) is 56.3 Å². The van der Waals surface area contributed by atoms with Crippen molar-refractivity contribution in [3.05, 3.63) is 29.1 Å². The quantitative estimate of drug-likeness (QED) is 0.865. The van der Waals surface area contributed by atoms with Gasteiger partial charge in [0.25, 0.3) is 0 Å². The molecule has 0 aromatic carbocycles. The van der Waals surface area contributed by atoms with E-state index in [0.717, 1.165) is 58.4 Å². The van der Waals surface area contributed by atoms with Gasteiger partial charge in [-0.1, -0.05) is 18.9 Å². The average Bonchev–Trinajstić information content (AvgIpc) is 3.21. The molecular weight excluding hydrogens is 338 g/mol. The number of nitrogens with zero attached hydrogens (tertiary/aromatic N) is 3. The third kappa shape index (κ3) is 4.52. The standard InChI is InChI=1S/C22H33N3O2/c26-14-13-24-10-7-18(8-11-24)20-6-5-19-16-25(12-9-21(19)23-20)22(27)15-17-3-1-2-4-17/h5-6,17-18,26H,1-4,7-16H2. The molecule has 1 saturated carbocycles. The van der Waals surface area contributed by atoms with Gasteiger partial charge in [0.15, 0.2) is 0 Å². The van der Waals surface area contributed by atoms with Crippen LogP contribution in [0.4, 0.5) is 0 Å². The summed E-state index contributed by atoms with van der Waals surface area (Å²) < 4.78 is 0. The Bertz CT molecular complexity index is 649. The van der Waals surface area contributed by atoms with Gasteiger partial charge >= 0.3 is 0 Å². The van der Waals surface area contributed by atoms with E-state index in [1.807, 2.05) is 0 Å². The van der Waals surface area contributed by atoms with Gasteiger partial charge in [0.1, 0.15) is 0 Å². The molecule has 148 valence electrons. The number of aliphatic hydroxyl groups is 1. The fraction of sp³-hybridized carbons (Fsp3) is 0.727. The second-order valence-corrected chi connectivity index (χ2v) is 8.60. The van der Waals surface area contributed by atoms with Gasteiger partial charge in [-0.15, -0.1) is 0 Å². The fourth-order valence-electron chi connectivity index (χ4n) is 5.06. The van der Waals surface area contributed by atoms with Crippen molar-refractivity contribution < 1.29 is 9.90 Å². The van der Waals surface area contributed by atoms with Crippen LogP contribution in [0.15, 0.2) is 12.1 Å². The number of aliphatic hydroxyl groups excluding tert-OH is 1. The van der Waals surface area contributed by atoms with E-state index in [1.165, 1.54) is 42.6 Å². The first-order chi connectivity index (χ1) is 13.2. The van der Waals surface area contributed by atoms with Crippen LogP contribution in [-0.2, 0) is 17.8 Å². The molecule has 27 heavy (non-hydrogen) atoms. The van der Waals surface area contributed by atoms with Crippen LogP contribution in [-0.4, -0.2) is 58.6 Å². The molecule has 1 aliphatic carbocycles. The summed E-state index contributed by atoms with van der Waals surface area (Å²) in [5, 5.41) is 9.09. The molecule has 0 atom stereocenters. The number of pyridine rings is 1. The maximum absolute atomic E-state index is 12.6. The topological polar surface area (TPSA) is 56.7 Å². The van der Waals surface area contributed by atoms with E-state index in [-0.39, 0.29) is 6.61 Å². The zero-order valence-corrected chi connectivity index (χ0v) is 16.4. The van der Waals surface area contributed by atoms with Gasteiger partial charge in [0, 0.05) is 49.8 Å². The Morgan fingerprint density at radius 2 is 1.89 bits per heavy atom. The Kier molecular flexibility index (Phi) is 6.08. The van der Waals surface area contributed by atoms with Gasteiger partial charge in [-0.25, -0.2) is 0 Å². The Morgan fingerprint density at radius 3 is 2.63 bits per heavy atom. The van der Waals surface area contributed by atoms with Gasteiger partial charge in [0.2, 0.25) is 5.91 Å². The lowest BCUT2D eigenvalue weighted by Crippen LogP contribution is -2.37. The minimum absolute atomic E-state index is 0.248. The first-order valence-corrected chi connectivity index (χ1v) is 10.8. The molecule has 0 unspecified atom stereocenters. The number of aromatic nitrogens is 1. The third-order valence-corrected chi connectivity index (χ3v) is 6.78. The van der Waals surface area contributed by atoms with Crippen LogP contribution in [0, 0.1) is 5.92 Å². The van der Waals surface area contributed by atoms with Crippen molar-refractivity contribution >= 4 is 5.91 Å². The number of likely N-dealkylation sites (tertiary alicyclic amines) is 1. The maximum atomic E-state index is 12.6. The number of rotatable bonds is 5. The highest BCUT2D eigenvalue weighted by Gasteiger charge is 2.27. The molecule has 0 bridgehead atoms. The van der Waals surface area contributed by atoms with Crippen LogP contribution < -0.4 is 0 Å². The first-order valence-electron chi connectivity index (χ1n) is 10.8. The SMILES string of the molecule is O=C(CC1CCCC1)N1CCc2nc(C3CCN(CCO)CC3)ccc2C1. The number of carbonyl (C=O) groups excluding carboxylic acids is 1. The van der Waals surface area contributed by atoms with Gasteiger partial charge < -0.3 is 14.9 Å². The summed E-state index contributed by atoms with van der Waals surface area (Å²) in [7, 11) is 0. The summed E-state index contributed by atoms with van der Waals surface area (Å²) in [6.45, 7) is 4.70. The predicted octanol–water partition coefficient (Wildman–Crippen LogP) is 2.72. The molecule has 1 amide bonds. The largest absolute Gasteiger partial charge is 0.395 e. The zero-order valence-electron chi connectivity index (χ0n) is 16.4. The summed E-state index contributed by atoms with van der Waals surface area (Å²) in [5.41, 5.74) is 3.67. The molecule has 1 saturated heterocycles. The second kappa shape index (κ2) is 8.70. The molecule has 2 fully saturated rings. The number of β-amino-alcohol motifs (C(OH)–C–C–N with tert-alkyl or cyclic N) is 1. The average molecular weight is 372 g/mol. The van der Waals surface area contributed by atoms with Crippen LogP contribution in [0.2, 0.25) is 0 Å². The minimum atomic E-state index is 0.248. The third-order valence-electron chi connectivity index (χ3n) is 6.78. The van der Waals surface area contributed by atoms with Crippen molar-refractivity contribution in [2.75, 3.05) is 32.8 Å². The predicted molar refractivity (Wildman–Crippen MR) is 105 cm³/mol. The molecule has 3 heterocycles. The lowest BCUT2D eigenvalue weighted by atomic mass is 9.91. The van der Waals surface area contributed by atoms with Crippen LogP contribution in [0.3, 0.4) is 0 Å². The number of fused-ring (bicyclic) bond motifs is 1. The fourth-order valence-corrected chi connectivity index (χ4v) is 5.06. The smallest absolute Gasteiger partial charge is 0.223 e. The van der Waals surface area contributed by atoms with E-state index in [1.54, 1.807) is 0 Å². The molecule has 5 heteroatoms. The molecule has 1 aromatic rings. The van der Waals surface area contributed by atoms with Crippen molar-refractivity contribution in [3.63, 3.8) is 0 Å². The van der Waals surface area contributed by atoms with Crippen molar-refractivity contribution in [2.24, 2.45) is 5.92 Å². The maximum Gasteiger partial charge on any atom is 0.223 e. The van der Waals surface area contributed by atoms with E-state index < -0.39 is 0 Å². The Hall–Kier alpha value is -1.46. The van der Waals surface area contributed by atoms with E-state index in [9.17, 15) is 4.79 Å². The first kappa shape index (κ1) is 18.9. The highest BCUT2D eigenvalue weighted by atomic mass is 16.3. The number of hydrogen-bond acceptors (Lipinski definition) is 4. The van der Waals surface area contributed by atoms with Gasteiger partial charge in [-0.2, -0.15) is 0 Å². The van der Waals surface area contributed by atoms with E-state index in [4.69, 9.17) is 10.1 Å². The molecule has 5 nitrogen and oxygen atoms in total. The zero-order chi connectivity index (χ0) is 18.6. The van der Waals surface area contributed by atoms with Crippen LogP contribution >= 0.6 is 0 Å². The van der Waals surface area contributed by atoms with Gasteiger partial charge in [0.05, 0.1) is 6.61 Å². The molecular formula is C22H33N3O2. The monoisotopic (exact) mass is 371 g/mol. The summed E-state index contributed by atoms with van der Waals surface area (Å²) >= 11 is 0. The Labute approximate surface area is 162 Å². The summed E-state index contributed by atoms with van der Waals surface area (Å²) in [6, 6.07) is 4.41. The molecule has 2 aliphatic heterocycles.